The van der Waals surface area contributed by atoms with Crippen LogP contribution in [0.4, 0.5) is 28.4 Å². The van der Waals surface area contributed by atoms with Crippen molar-refractivity contribution in [3.05, 3.63) is 160 Å². The van der Waals surface area contributed by atoms with Crippen molar-refractivity contribution in [2.45, 2.75) is 148 Å². The first-order valence-corrected chi connectivity index (χ1v) is 26.8. The quantitative estimate of drug-likeness (QED) is 0.162. The van der Waals surface area contributed by atoms with Crippen LogP contribution in [0.5, 0.6) is 0 Å². The van der Waals surface area contributed by atoms with Gasteiger partial charge in [-0.2, -0.15) is 0 Å². The maximum atomic E-state index is 7.79. The van der Waals surface area contributed by atoms with Gasteiger partial charge in [0.15, 0.2) is 5.58 Å². The van der Waals surface area contributed by atoms with Crippen molar-refractivity contribution in [2.75, 3.05) is 9.71 Å². The lowest BCUT2D eigenvalue weighted by atomic mass is 9.45. The van der Waals surface area contributed by atoms with E-state index in [1.54, 1.807) is 0 Å². The lowest BCUT2D eigenvalue weighted by Gasteiger charge is -2.45. The molecule has 0 amide bonds. The Kier molecular flexibility index (Phi) is 8.59. The van der Waals surface area contributed by atoms with Crippen LogP contribution >= 0.6 is 0 Å². The summed E-state index contributed by atoms with van der Waals surface area (Å²) in [7, 11) is 0. The molecule has 7 aromatic carbocycles. The number of furan rings is 2. The van der Waals surface area contributed by atoms with Gasteiger partial charge < -0.3 is 18.5 Å². The van der Waals surface area contributed by atoms with Crippen molar-refractivity contribution in [3.63, 3.8) is 0 Å². The summed E-state index contributed by atoms with van der Waals surface area (Å²) >= 11 is 0. The third-order valence-electron chi connectivity index (χ3n) is 18.9. The third kappa shape index (κ3) is 5.83. The molecule has 5 aliphatic rings. The molecule has 0 radical (unpaired) electrons. The van der Waals surface area contributed by atoms with E-state index in [9.17, 15) is 0 Å². The fraction of sp³-hybridized carbons (Fsp3) is 0.343. The Hall–Kier alpha value is -6.46. The molecule has 4 nitrogen and oxygen atoms in total. The number of benzene rings is 7. The fourth-order valence-electron chi connectivity index (χ4n) is 14.3. The van der Waals surface area contributed by atoms with Gasteiger partial charge in [0.2, 0.25) is 0 Å². The molecule has 5 heteroatoms. The number of fused-ring (bicyclic) bond motifs is 15. The molecule has 9 aromatic rings. The Balaban J connectivity index is 1.17. The zero-order valence-electron chi connectivity index (χ0n) is 44.7. The van der Waals surface area contributed by atoms with Crippen LogP contribution in [0.2, 0.25) is 0 Å². The molecule has 0 atom stereocenters. The molecule has 2 aliphatic heterocycles. The van der Waals surface area contributed by atoms with Crippen molar-refractivity contribution in [2.24, 2.45) is 0 Å². The van der Waals surface area contributed by atoms with E-state index in [1.807, 2.05) is 0 Å². The molecule has 14 rings (SSSR count). The average Bonchev–Trinajstić information content (AvgIpc) is 3.98. The second-order valence-electron chi connectivity index (χ2n) is 26.6. The van der Waals surface area contributed by atoms with E-state index in [0.717, 1.165) is 87.0 Å². The van der Waals surface area contributed by atoms with Gasteiger partial charge in [0.05, 0.1) is 11.4 Å². The summed E-state index contributed by atoms with van der Waals surface area (Å²) in [4.78, 5) is 5.25. The van der Waals surface area contributed by atoms with E-state index in [-0.39, 0.29) is 39.3 Å². The van der Waals surface area contributed by atoms with Gasteiger partial charge in [0.1, 0.15) is 16.8 Å². The van der Waals surface area contributed by atoms with Crippen LogP contribution in [0.15, 0.2) is 130 Å². The lowest BCUT2D eigenvalue weighted by Crippen LogP contribution is -2.61. The minimum absolute atomic E-state index is 0.000634. The number of rotatable bonds is 2. The highest BCUT2D eigenvalue weighted by Gasteiger charge is 2.52. The summed E-state index contributed by atoms with van der Waals surface area (Å²) < 4.78 is 15.1. The summed E-state index contributed by atoms with van der Waals surface area (Å²) in [6.45, 7) is 30.9. The van der Waals surface area contributed by atoms with Gasteiger partial charge in [-0.05, 0) is 175 Å². The summed E-state index contributed by atoms with van der Waals surface area (Å²) in [5.74, 6) is 0. The number of para-hydroxylation sites is 1. The van der Waals surface area contributed by atoms with Crippen LogP contribution in [0.3, 0.4) is 0 Å². The molecule has 0 saturated heterocycles. The molecule has 4 heterocycles. The monoisotopic (exact) mass is 943 g/mol. The second-order valence-corrected chi connectivity index (χ2v) is 26.6. The Morgan fingerprint density at radius 2 is 1.08 bits per heavy atom. The molecule has 72 heavy (non-hydrogen) atoms. The van der Waals surface area contributed by atoms with Crippen LogP contribution in [0.25, 0.3) is 55.2 Å². The van der Waals surface area contributed by atoms with Crippen molar-refractivity contribution < 1.29 is 8.83 Å². The fourth-order valence-corrected chi connectivity index (χ4v) is 14.3. The normalized spacial score (nSPS) is 19.2. The summed E-state index contributed by atoms with van der Waals surface area (Å²) in [5, 5.41) is 3.42. The molecule has 3 aliphatic carbocycles. The van der Waals surface area contributed by atoms with E-state index in [2.05, 4.69) is 221 Å². The van der Waals surface area contributed by atoms with E-state index < -0.39 is 0 Å². The largest absolute Gasteiger partial charge is 0.466 e. The van der Waals surface area contributed by atoms with E-state index >= 15 is 0 Å². The molecule has 0 spiro atoms. The molecule has 0 bridgehead atoms. The lowest BCUT2D eigenvalue weighted by molar-refractivity contribution is 0.332. The molecular formula is C67H67BN2O2. The van der Waals surface area contributed by atoms with Crippen LogP contribution in [-0.4, -0.2) is 6.85 Å². The molecule has 0 fully saturated rings. The summed E-state index contributed by atoms with van der Waals surface area (Å²) in [6, 6.07) is 47.1. The molecule has 0 saturated carbocycles. The van der Waals surface area contributed by atoms with Gasteiger partial charge in [0.25, 0.3) is 0 Å². The maximum absolute atomic E-state index is 7.79. The third-order valence-corrected chi connectivity index (χ3v) is 18.9. The van der Waals surface area contributed by atoms with Crippen molar-refractivity contribution >= 4 is 79.3 Å². The number of hydrogen-bond donors (Lipinski definition) is 0. The van der Waals surface area contributed by atoms with E-state index in [4.69, 9.17) is 8.83 Å². The number of hydrogen-bond acceptors (Lipinski definition) is 4. The minimum atomic E-state index is -0.324. The van der Waals surface area contributed by atoms with E-state index in [0.29, 0.717) is 0 Å². The average molecular weight is 943 g/mol. The SMILES string of the molecule is CC(C)(C)c1ccc(N2B3c4oc5cc6c(cc5c4N(c4ccc5c(c4)C(C)(C)CCC5(C)C)c4c3c(cc3c4oc4ccccc43)-c3cc4c(cc32)C(C)(C)c2ccccc2-4)C(C)(C)CCC6(C)C)cc1. The summed E-state index contributed by atoms with van der Waals surface area (Å²) in [5.41, 5.74) is 25.4. The van der Waals surface area contributed by atoms with Gasteiger partial charge in [-0.1, -0.05) is 151 Å². The Morgan fingerprint density at radius 1 is 0.458 bits per heavy atom. The van der Waals surface area contributed by atoms with Gasteiger partial charge in [-0.15, -0.1) is 0 Å². The van der Waals surface area contributed by atoms with Crippen molar-refractivity contribution in [1.82, 2.24) is 0 Å². The topological polar surface area (TPSA) is 32.8 Å². The zero-order chi connectivity index (χ0) is 50.0. The molecule has 360 valence electrons. The predicted octanol–water partition coefficient (Wildman–Crippen LogP) is 17.3. The molecule has 0 N–H and O–H groups in total. The summed E-state index contributed by atoms with van der Waals surface area (Å²) in [6.07, 6.45) is 4.56. The zero-order valence-corrected chi connectivity index (χ0v) is 44.7. The highest BCUT2D eigenvalue weighted by Crippen LogP contribution is 2.58. The van der Waals surface area contributed by atoms with Crippen LogP contribution in [0.1, 0.15) is 155 Å². The second kappa shape index (κ2) is 14.0. The Morgan fingerprint density at radius 3 is 1.79 bits per heavy atom. The highest BCUT2D eigenvalue weighted by molar-refractivity contribution is 6.93. The molecule has 2 aromatic heterocycles. The maximum Gasteiger partial charge on any atom is 0.376 e. The first-order valence-electron chi connectivity index (χ1n) is 26.8. The number of nitrogens with zero attached hydrogens (tertiary/aromatic N) is 2. The van der Waals surface area contributed by atoms with Gasteiger partial charge in [-0.3, -0.25) is 0 Å². The molecular weight excluding hydrogens is 876 g/mol. The van der Waals surface area contributed by atoms with Crippen LogP contribution < -0.4 is 20.8 Å². The first kappa shape index (κ1) is 44.3. The predicted molar refractivity (Wildman–Crippen MR) is 304 cm³/mol. The Bertz CT molecular complexity index is 3850. The van der Waals surface area contributed by atoms with Crippen LogP contribution in [-0.2, 0) is 32.5 Å². The number of anilines is 5. The highest BCUT2D eigenvalue weighted by atomic mass is 16.3. The minimum Gasteiger partial charge on any atom is -0.466 e. The first-order chi connectivity index (χ1) is 34.0. The standard InChI is InChI=1S/C67H67BN2O2/c1-62(2,3)38-22-24-39(25-23-38)70-54-36-50-43(41-18-14-16-20-48(41)67(50,12)13)33-44(54)45-34-46-42-19-15-17-21-55(42)71-60(46)59-57(45)68(70)61-58(47-35-52-53(37-56(47)72-61)66(10,11)31-30-65(52,8)9)69(59)40-26-27-49-51(32-40)64(6,7)29-28-63(49,4)5/h14-27,32-37H,28-31H2,1-13H3. The van der Waals surface area contributed by atoms with Crippen molar-refractivity contribution in [3.8, 4) is 22.3 Å². The Labute approximate surface area is 426 Å². The van der Waals surface area contributed by atoms with Crippen molar-refractivity contribution in [1.29, 1.82) is 0 Å². The smallest absolute Gasteiger partial charge is 0.376 e. The van der Waals surface area contributed by atoms with Gasteiger partial charge in [0, 0.05) is 44.2 Å². The van der Waals surface area contributed by atoms with Crippen LogP contribution in [0, 0.1) is 0 Å². The van der Waals surface area contributed by atoms with E-state index in [1.165, 1.54) is 72.3 Å². The van der Waals surface area contributed by atoms with Gasteiger partial charge in [-0.25, -0.2) is 0 Å². The molecule has 0 unspecified atom stereocenters. The van der Waals surface area contributed by atoms with Gasteiger partial charge >= 0.3 is 6.85 Å².